The molecule has 1 heterocycles. The van der Waals surface area contributed by atoms with Crippen LogP contribution in [0.5, 0.6) is 0 Å². The van der Waals surface area contributed by atoms with Crippen LogP contribution in [0, 0.1) is 13.8 Å². The Hall–Kier alpha value is -1.55. The van der Waals surface area contributed by atoms with Gasteiger partial charge in [-0.3, -0.25) is 0 Å². The van der Waals surface area contributed by atoms with Crippen LogP contribution in [-0.2, 0) is 5.75 Å². The van der Waals surface area contributed by atoms with Gasteiger partial charge in [-0.1, -0.05) is 29.3 Å². The van der Waals surface area contributed by atoms with Crippen LogP contribution in [0.2, 0.25) is 0 Å². The molecule has 1 aromatic heterocycles. The molecule has 1 saturated carbocycles. The van der Waals surface area contributed by atoms with Crippen LogP contribution in [0.4, 0.5) is 5.82 Å². The van der Waals surface area contributed by atoms with Crippen molar-refractivity contribution >= 4 is 17.6 Å². The van der Waals surface area contributed by atoms with E-state index >= 15 is 0 Å². The highest BCUT2D eigenvalue weighted by molar-refractivity contribution is 7.98. The van der Waals surface area contributed by atoms with E-state index in [1.165, 1.54) is 29.5 Å². The number of hydrogen-bond acceptors (Lipinski definition) is 4. The van der Waals surface area contributed by atoms with Gasteiger partial charge < -0.3 is 5.32 Å². The normalized spacial score (nSPS) is 14.2. The lowest BCUT2D eigenvalue weighted by molar-refractivity contribution is 0.880. The van der Waals surface area contributed by atoms with Gasteiger partial charge in [-0.2, -0.15) is 0 Å². The van der Waals surface area contributed by atoms with E-state index in [1.54, 1.807) is 11.8 Å². The summed E-state index contributed by atoms with van der Waals surface area (Å²) >= 11 is 1.79. The number of thioether (sulfide) groups is 1. The predicted molar refractivity (Wildman–Crippen MR) is 89.0 cm³/mol. The molecule has 0 bridgehead atoms. The molecule has 4 heteroatoms. The molecule has 1 aliphatic rings. The predicted octanol–water partition coefficient (Wildman–Crippen LogP) is 4.30. The number of rotatable bonds is 5. The van der Waals surface area contributed by atoms with Crippen molar-refractivity contribution in [1.82, 2.24) is 9.97 Å². The van der Waals surface area contributed by atoms with Gasteiger partial charge in [0.2, 0.25) is 0 Å². The molecule has 0 spiro atoms. The molecule has 0 saturated heterocycles. The Morgan fingerprint density at radius 3 is 2.43 bits per heavy atom. The van der Waals surface area contributed by atoms with E-state index < -0.39 is 0 Å². The van der Waals surface area contributed by atoms with E-state index in [-0.39, 0.29) is 0 Å². The highest BCUT2D eigenvalue weighted by Crippen LogP contribution is 2.39. The molecule has 3 nitrogen and oxygen atoms in total. The first kappa shape index (κ1) is 14.4. The minimum absolute atomic E-state index is 0.582. The molecule has 0 aliphatic heterocycles. The average molecular weight is 299 g/mol. The molecule has 0 atom stereocenters. The van der Waals surface area contributed by atoms with Crippen molar-refractivity contribution in [2.45, 2.75) is 43.4 Å². The Morgan fingerprint density at radius 2 is 1.81 bits per heavy atom. The van der Waals surface area contributed by atoms with Gasteiger partial charge in [-0.25, -0.2) is 9.97 Å². The van der Waals surface area contributed by atoms with Crippen molar-refractivity contribution in [1.29, 1.82) is 0 Å². The Balaban J connectivity index is 1.76. The van der Waals surface area contributed by atoms with Crippen LogP contribution in [-0.4, -0.2) is 17.0 Å². The third-order valence-electron chi connectivity index (χ3n) is 3.59. The van der Waals surface area contributed by atoms with Crippen molar-refractivity contribution < 1.29 is 0 Å². The highest BCUT2D eigenvalue weighted by atomic mass is 32.2. The quantitative estimate of drug-likeness (QED) is 0.659. The van der Waals surface area contributed by atoms with Crippen molar-refractivity contribution in [2.75, 3.05) is 12.4 Å². The second-order valence-electron chi connectivity index (χ2n) is 5.76. The number of benzene rings is 1. The van der Waals surface area contributed by atoms with Crippen LogP contribution in [0.15, 0.2) is 29.3 Å². The second kappa shape index (κ2) is 6.06. The van der Waals surface area contributed by atoms with Crippen molar-refractivity contribution in [2.24, 2.45) is 0 Å². The third-order valence-corrected chi connectivity index (χ3v) is 4.57. The first-order chi connectivity index (χ1) is 10.1. The largest absolute Gasteiger partial charge is 0.373 e. The molecule has 0 radical (unpaired) electrons. The number of aromatic nitrogens is 2. The number of nitrogens with one attached hydrogen (secondary N) is 1. The van der Waals surface area contributed by atoms with Crippen LogP contribution in [0.25, 0.3) is 0 Å². The van der Waals surface area contributed by atoms with Crippen molar-refractivity contribution in [3.63, 3.8) is 0 Å². The molecule has 0 unspecified atom stereocenters. The molecule has 1 fully saturated rings. The van der Waals surface area contributed by atoms with Crippen molar-refractivity contribution in [3.8, 4) is 0 Å². The van der Waals surface area contributed by atoms with E-state index in [1.807, 2.05) is 13.1 Å². The zero-order valence-corrected chi connectivity index (χ0v) is 13.6. The molecular weight excluding hydrogens is 278 g/mol. The van der Waals surface area contributed by atoms with E-state index in [0.29, 0.717) is 5.92 Å². The van der Waals surface area contributed by atoms with E-state index in [9.17, 15) is 0 Å². The van der Waals surface area contributed by atoms with Gasteiger partial charge in [0.25, 0.3) is 0 Å². The third kappa shape index (κ3) is 3.76. The molecule has 110 valence electrons. The van der Waals surface area contributed by atoms with Crippen LogP contribution < -0.4 is 5.32 Å². The summed E-state index contributed by atoms with van der Waals surface area (Å²) in [4.78, 5) is 9.28. The maximum absolute atomic E-state index is 4.72. The van der Waals surface area contributed by atoms with Crippen LogP contribution in [0.3, 0.4) is 0 Å². The van der Waals surface area contributed by atoms with Crippen LogP contribution >= 0.6 is 11.8 Å². The Labute approximate surface area is 130 Å². The smallest absolute Gasteiger partial charge is 0.135 e. The first-order valence-electron chi connectivity index (χ1n) is 7.41. The fourth-order valence-electron chi connectivity index (χ4n) is 2.48. The summed E-state index contributed by atoms with van der Waals surface area (Å²) in [6, 6.07) is 8.76. The maximum Gasteiger partial charge on any atom is 0.135 e. The standard InChI is InChI=1S/C17H21N3S/c1-11-6-12(2)8-13(7-11)10-21-16-9-15(18-3)19-17(20-16)14-4-5-14/h6-9,14H,4-5,10H2,1-3H3,(H,18,19,20). The Kier molecular flexibility index (Phi) is 4.15. The van der Waals surface area contributed by atoms with Gasteiger partial charge in [-0.05, 0) is 32.3 Å². The topological polar surface area (TPSA) is 37.8 Å². The number of nitrogens with zero attached hydrogens (tertiary/aromatic N) is 2. The minimum Gasteiger partial charge on any atom is -0.373 e. The van der Waals surface area contributed by atoms with E-state index in [4.69, 9.17) is 4.98 Å². The number of hydrogen-bond donors (Lipinski definition) is 1. The summed E-state index contributed by atoms with van der Waals surface area (Å²) in [5.74, 6) is 3.46. The number of anilines is 1. The van der Waals surface area contributed by atoms with Gasteiger partial charge in [0.15, 0.2) is 0 Å². The molecule has 3 rings (SSSR count). The highest BCUT2D eigenvalue weighted by Gasteiger charge is 2.27. The Morgan fingerprint density at radius 1 is 1.10 bits per heavy atom. The second-order valence-corrected chi connectivity index (χ2v) is 6.75. The zero-order chi connectivity index (χ0) is 14.8. The van der Waals surface area contributed by atoms with Gasteiger partial charge in [-0.15, -0.1) is 11.8 Å². The monoisotopic (exact) mass is 299 g/mol. The molecule has 1 N–H and O–H groups in total. The molecular formula is C17H21N3S. The molecule has 2 aromatic rings. The molecule has 1 aliphatic carbocycles. The number of aryl methyl sites for hydroxylation is 2. The first-order valence-corrected chi connectivity index (χ1v) is 8.39. The lowest BCUT2D eigenvalue weighted by Gasteiger charge is -2.08. The zero-order valence-electron chi connectivity index (χ0n) is 12.8. The summed E-state index contributed by atoms with van der Waals surface area (Å²) < 4.78 is 0. The van der Waals surface area contributed by atoms with E-state index in [2.05, 4.69) is 42.3 Å². The van der Waals surface area contributed by atoms with Gasteiger partial charge in [0.1, 0.15) is 16.7 Å². The lowest BCUT2D eigenvalue weighted by atomic mass is 10.1. The summed E-state index contributed by atoms with van der Waals surface area (Å²) in [6.07, 6.45) is 2.46. The SMILES string of the molecule is CNc1cc(SCc2cc(C)cc(C)c2)nc(C2CC2)n1. The fraction of sp³-hybridized carbons (Fsp3) is 0.412. The minimum atomic E-state index is 0.582. The lowest BCUT2D eigenvalue weighted by Crippen LogP contribution is -2.00. The average Bonchev–Trinajstić information content (AvgIpc) is 3.28. The summed E-state index contributed by atoms with van der Waals surface area (Å²) in [7, 11) is 1.91. The molecule has 0 amide bonds. The summed E-state index contributed by atoms with van der Waals surface area (Å²) in [5, 5.41) is 4.21. The van der Waals surface area contributed by atoms with Gasteiger partial charge >= 0.3 is 0 Å². The van der Waals surface area contributed by atoms with Crippen LogP contribution in [0.1, 0.15) is 41.3 Å². The summed E-state index contributed by atoms with van der Waals surface area (Å²) in [6.45, 7) is 4.30. The maximum atomic E-state index is 4.72. The van der Waals surface area contributed by atoms with Gasteiger partial charge in [0.05, 0.1) is 0 Å². The fourth-order valence-corrected chi connectivity index (χ4v) is 3.31. The molecule has 1 aromatic carbocycles. The van der Waals surface area contributed by atoms with Gasteiger partial charge in [0, 0.05) is 24.8 Å². The Bertz CT molecular complexity index is 630. The molecule has 21 heavy (non-hydrogen) atoms. The van der Waals surface area contributed by atoms with Crippen molar-refractivity contribution in [3.05, 3.63) is 46.8 Å². The summed E-state index contributed by atoms with van der Waals surface area (Å²) in [5.41, 5.74) is 4.00. The van der Waals surface area contributed by atoms with E-state index in [0.717, 1.165) is 22.4 Å².